The van der Waals surface area contributed by atoms with Gasteiger partial charge in [0.1, 0.15) is 5.52 Å². The fraction of sp³-hybridized carbons (Fsp3) is 0.350. The normalized spacial score (nSPS) is 19.0. The molecule has 2 heterocycles. The first-order chi connectivity index (χ1) is 11.7. The first-order valence-corrected chi connectivity index (χ1v) is 9.63. The molecule has 1 aliphatic heterocycles. The molecule has 0 radical (unpaired) electrons. The Bertz CT molecular complexity index is 858. The zero-order valence-corrected chi connectivity index (χ0v) is 16.0. The van der Waals surface area contributed by atoms with Crippen molar-refractivity contribution in [3.63, 3.8) is 0 Å². The van der Waals surface area contributed by atoms with Crippen molar-refractivity contribution in [2.24, 2.45) is 5.92 Å². The van der Waals surface area contributed by atoms with E-state index in [0.717, 1.165) is 29.1 Å². The monoisotopic (exact) mass is 432 g/mol. The highest BCUT2D eigenvalue weighted by atomic mass is 127. The van der Waals surface area contributed by atoms with E-state index >= 15 is 0 Å². The standard InChI is InChI=1S/C20H21IN2O/c1-14-4-3-9-23(12-14)13-15-7-8-19-18(10-15)22-20(24-19)16-5-2-6-17(21)11-16/h2,5-8,10-11,14H,3-4,9,12-13H2,1H3/t14-/m1/s1. The number of benzene rings is 2. The minimum absolute atomic E-state index is 0.701. The smallest absolute Gasteiger partial charge is 0.227 e. The Morgan fingerprint density at radius 1 is 1.25 bits per heavy atom. The maximum Gasteiger partial charge on any atom is 0.227 e. The molecule has 0 spiro atoms. The summed E-state index contributed by atoms with van der Waals surface area (Å²) in [6, 6.07) is 14.7. The van der Waals surface area contributed by atoms with Crippen LogP contribution in [0.2, 0.25) is 0 Å². The molecule has 0 N–H and O–H groups in total. The Kier molecular flexibility index (Phi) is 4.59. The fourth-order valence-corrected chi connectivity index (χ4v) is 4.05. The Balaban J connectivity index is 1.59. The summed E-state index contributed by atoms with van der Waals surface area (Å²) >= 11 is 2.31. The minimum atomic E-state index is 0.701. The van der Waals surface area contributed by atoms with Gasteiger partial charge in [-0.1, -0.05) is 19.1 Å². The summed E-state index contributed by atoms with van der Waals surface area (Å²) in [5.74, 6) is 1.51. The van der Waals surface area contributed by atoms with Gasteiger partial charge in [-0.25, -0.2) is 4.98 Å². The summed E-state index contributed by atoms with van der Waals surface area (Å²) in [4.78, 5) is 7.26. The van der Waals surface area contributed by atoms with Crippen LogP contribution < -0.4 is 0 Å². The van der Waals surface area contributed by atoms with Crippen molar-refractivity contribution < 1.29 is 4.42 Å². The average molecular weight is 432 g/mol. The van der Waals surface area contributed by atoms with E-state index in [1.807, 2.05) is 12.1 Å². The predicted octanol–water partition coefficient (Wildman–Crippen LogP) is 5.33. The van der Waals surface area contributed by atoms with E-state index < -0.39 is 0 Å². The summed E-state index contributed by atoms with van der Waals surface area (Å²) in [7, 11) is 0. The fourth-order valence-electron chi connectivity index (χ4n) is 3.50. The van der Waals surface area contributed by atoms with Crippen LogP contribution in [0.5, 0.6) is 0 Å². The van der Waals surface area contributed by atoms with E-state index in [4.69, 9.17) is 9.40 Å². The lowest BCUT2D eigenvalue weighted by atomic mass is 10.00. The third-order valence-corrected chi connectivity index (χ3v) is 5.34. The van der Waals surface area contributed by atoms with Gasteiger partial charge in [-0.05, 0) is 83.8 Å². The molecule has 0 amide bonds. The van der Waals surface area contributed by atoms with Gasteiger partial charge in [-0.2, -0.15) is 0 Å². The Morgan fingerprint density at radius 3 is 3.00 bits per heavy atom. The largest absolute Gasteiger partial charge is 0.436 e. The Hall–Kier alpha value is -1.40. The van der Waals surface area contributed by atoms with Gasteiger partial charge in [0.05, 0.1) is 0 Å². The van der Waals surface area contributed by atoms with Crippen LogP contribution in [0.25, 0.3) is 22.6 Å². The second kappa shape index (κ2) is 6.84. The molecule has 1 atom stereocenters. The number of rotatable bonds is 3. The number of aromatic nitrogens is 1. The van der Waals surface area contributed by atoms with Crippen molar-refractivity contribution in [1.82, 2.24) is 9.88 Å². The third kappa shape index (κ3) is 3.49. The number of likely N-dealkylation sites (tertiary alicyclic amines) is 1. The number of nitrogens with zero attached hydrogens (tertiary/aromatic N) is 2. The molecule has 4 heteroatoms. The number of piperidine rings is 1. The van der Waals surface area contributed by atoms with Gasteiger partial charge in [0, 0.05) is 22.2 Å². The van der Waals surface area contributed by atoms with Gasteiger partial charge in [0.25, 0.3) is 0 Å². The van der Waals surface area contributed by atoms with Crippen molar-refractivity contribution in [2.45, 2.75) is 26.3 Å². The second-order valence-electron chi connectivity index (χ2n) is 6.81. The molecule has 0 bridgehead atoms. The van der Waals surface area contributed by atoms with E-state index in [2.05, 4.69) is 64.7 Å². The number of oxazole rings is 1. The molecule has 1 aliphatic rings. The maximum atomic E-state index is 5.94. The van der Waals surface area contributed by atoms with Crippen LogP contribution in [0, 0.1) is 9.49 Å². The summed E-state index contributed by atoms with van der Waals surface area (Å²) in [5.41, 5.74) is 4.16. The molecule has 0 aliphatic carbocycles. The van der Waals surface area contributed by atoms with Gasteiger partial charge < -0.3 is 4.42 Å². The molecule has 3 aromatic rings. The van der Waals surface area contributed by atoms with Crippen molar-refractivity contribution in [3.8, 4) is 11.5 Å². The van der Waals surface area contributed by atoms with Gasteiger partial charge in [0.2, 0.25) is 5.89 Å². The van der Waals surface area contributed by atoms with E-state index in [1.54, 1.807) is 0 Å². The third-order valence-electron chi connectivity index (χ3n) is 4.67. The SMILES string of the molecule is C[C@@H]1CCCN(Cc2ccc3oc(-c4cccc(I)c4)nc3c2)C1. The van der Waals surface area contributed by atoms with E-state index in [-0.39, 0.29) is 0 Å². The van der Waals surface area contributed by atoms with Gasteiger partial charge in [-0.3, -0.25) is 4.90 Å². The molecule has 124 valence electrons. The van der Waals surface area contributed by atoms with Gasteiger partial charge in [0.15, 0.2) is 5.58 Å². The highest BCUT2D eigenvalue weighted by molar-refractivity contribution is 14.1. The first-order valence-electron chi connectivity index (χ1n) is 8.55. The molecule has 1 aromatic heterocycles. The highest BCUT2D eigenvalue weighted by Gasteiger charge is 2.17. The second-order valence-corrected chi connectivity index (χ2v) is 8.06. The highest BCUT2D eigenvalue weighted by Crippen LogP contribution is 2.26. The van der Waals surface area contributed by atoms with E-state index in [0.29, 0.717) is 5.89 Å². The maximum absolute atomic E-state index is 5.94. The molecule has 3 nitrogen and oxygen atoms in total. The van der Waals surface area contributed by atoms with Crippen molar-refractivity contribution in [2.75, 3.05) is 13.1 Å². The van der Waals surface area contributed by atoms with Crippen LogP contribution in [0.1, 0.15) is 25.3 Å². The van der Waals surface area contributed by atoms with Crippen molar-refractivity contribution in [1.29, 1.82) is 0 Å². The summed E-state index contributed by atoms with van der Waals surface area (Å²) in [6.07, 6.45) is 2.67. The van der Waals surface area contributed by atoms with E-state index in [1.165, 1.54) is 35.1 Å². The lowest BCUT2D eigenvalue weighted by Gasteiger charge is -2.30. The number of hydrogen-bond acceptors (Lipinski definition) is 3. The zero-order chi connectivity index (χ0) is 16.5. The lowest BCUT2D eigenvalue weighted by molar-refractivity contribution is 0.176. The molecule has 2 aromatic carbocycles. The Labute approximate surface area is 156 Å². The van der Waals surface area contributed by atoms with Crippen LogP contribution in [0.15, 0.2) is 46.9 Å². The Morgan fingerprint density at radius 2 is 2.17 bits per heavy atom. The molecule has 24 heavy (non-hydrogen) atoms. The molecular weight excluding hydrogens is 411 g/mol. The quantitative estimate of drug-likeness (QED) is 0.524. The van der Waals surface area contributed by atoms with Crippen LogP contribution in [-0.4, -0.2) is 23.0 Å². The van der Waals surface area contributed by atoms with Crippen LogP contribution >= 0.6 is 22.6 Å². The van der Waals surface area contributed by atoms with Crippen LogP contribution in [-0.2, 0) is 6.54 Å². The molecular formula is C20H21IN2O. The molecule has 1 fully saturated rings. The number of halogens is 1. The summed E-state index contributed by atoms with van der Waals surface area (Å²) < 4.78 is 7.13. The average Bonchev–Trinajstić information content (AvgIpc) is 2.98. The predicted molar refractivity (Wildman–Crippen MR) is 106 cm³/mol. The summed E-state index contributed by atoms with van der Waals surface area (Å²) in [5, 5.41) is 0. The lowest BCUT2D eigenvalue weighted by Crippen LogP contribution is -2.33. The van der Waals surface area contributed by atoms with Crippen LogP contribution in [0.3, 0.4) is 0 Å². The van der Waals surface area contributed by atoms with E-state index in [9.17, 15) is 0 Å². The van der Waals surface area contributed by atoms with Crippen molar-refractivity contribution >= 4 is 33.7 Å². The van der Waals surface area contributed by atoms with Crippen molar-refractivity contribution in [3.05, 3.63) is 51.6 Å². The first kappa shape index (κ1) is 16.1. The molecule has 0 unspecified atom stereocenters. The van der Waals surface area contributed by atoms with Gasteiger partial charge >= 0.3 is 0 Å². The number of hydrogen-bond donors (Lipinski definition) is 0. The summed E-state index contributed by atoms with van der Waals surface area (Å²) in [6.45, 7) is 5.76. The molecule has 4 rings (SSSR count). The molecule has 0 saturated carbocycles. The molecule has 1 saturated heterocycles. The topological polar surface area (TPSA) is 29.3 Å². The minimum Gasteiger partial charge on any atom is -0.436 e. The number of fused-ring (bicyclic) bond motifs is 1. The zero-order valence-electron chi connectivity index (χ0n) is 13.8. The van der Waals surface area contributed by atoms with Crippen LogP contribution in [0.4, 0.5) is 0 Å². The van der Waals surface area contributed by atoms with Gasteiger partial charge in [-0.15, -0.1) is 0 Å².